The maximum atomic E-state index is 11.1. The Labute approximate surface area is 95.7 Å². The molecule has 1 aromatic carbocycles. The highest BCUT2D eigenvalue weighted by molar-refractivity contribution is 5.73. The molecule has 0 aromatic heterocycles. The van der Waals surface area contributed by atoms with E-state index < -0.39 is 0 Å². The van der Waals surface area contributed by atoms with E-state index in [9.17, 15) is 4.79 Å². The van der Waals surface area contributed by atoms with Gasteiger partial charge in [-0.2, -0.15) is 0 Å². The molecule has 4 nitrogen and oxygen atoms in total. The summed E-state index contributed by atoms with van der Waals surface area (Å²) in [6.07, 6.45) is 0.814. The molecule has 0 aliphatic rings. The molecule has 0 unspecified atom stereocenters. The monoisotopic (exact) mass is 222 g/mol. The molecule has 0 radical (unpaired) electrons. The quantitative estimate of drug-likeness (QED) is 0.691. The van der Waals surface area contributed by atoms with Gasteiger partial charge in [-0.3, -0.25) is 0 Å². The van der Waals surface area contributed by atoms with Crippen LogP contribution in [-0.2, 0) is 6.42 Å². The maximum absolute atomic E-state index is 11.1. The normalized spacial score (nSPS) is 9.88. The van der Waals surface area contributed by atoms with E-state index in [4.69, 9.17) is 5.11 Å². The average molecular weight is 222 g/mol. The van der Waals surface area contributed by atoms with Crippen molar-refractivity contribution in [1.29, 1.82) is 0 Å². The zero-order valence-corrected chi connectivity index (χ0v) is 9.49. The minimum Gasteiger partial charge on any atom is -0.395 e. The second-order valence-corrected chi connectivity index (χ2v) is 3.65. The van der Waals surface area contributed by atoms with Crippen LogP contribution in [0.1, 0.15) is 11.1 Å². The Morgan fingerprint density at radius 1 is 1.31 bits per heavy atom. The molecular formula is C12H18N2O2. The third kappa shape index (κ3) is 4.79. The van der Waals surface area contributed by atoms with E-state index in [-0.39, 0.29) is 19.2 Å². The first kappa shape index (κ1) is 12.5. The zero-order valence-electron chi connectivity index (χ0n) is 9.49. The topological polar surface area (TPSA) is 61.4 Å². The molecule has 0 saturated heterocycles. The van der Waals surface area contributed by atoms with Crippen LogP contribution >= 0.6 is 0 Å². The fourth-order valence-corrected chi connectivity index (χ4v) is 1.42. The van der Waals surface area contributed by atoms with Crippen LogP contribution < -0.4 is 10.6 Å². The molecule has 88 valence electrons. The number of aliphatic hydroxyl groups excluding tert-OH is 1. The van der Waals surface area contributed by atoms with Crippen LogP contribution in [0.3, 0.4) is 0 Å². The van der Waals surface area contributed by atoms with Gasteiger partial charge in [0, 0.05) is 13.1 Å². The van der Waals surface area contributed by atoms with Crippen molar-refractivity contribution in [2.75, 3.05) is 19.7 Å². The Morgan fingerprint density at radius 2 is 2.06 bits per heavy atom. The summed E-state index contributed by atoms with van der Waals surface area (Å²) in [6, 6.07) is 7.97. The average Bonchev–Trinajstić information content (AvgIpc) is 2.26. The van der Waals surface area contributed by atoms with Crippen LogP contribution in [0.15, 0.2) is 24.3 Å². The molecular weight excluding hydrogens is 204 g/mol. The lowest BCUT2D eigenvalue weighted by atomic mass is 10.1. The highest BCUT2D eigenvalue weighted by Gasteiger charge is 1.98. The number of nitrogens with one attached hydrogen (secondary N) is 2. The molecule has 1 rings (SSSR count). The molecule has 0 bridgehead atoms. The van der Waals surface area contributed by atoms with E-state index in [0.29, 0.717) is 6.54 Å². The number of hydrogen-bond acceptors (Lipinski definition) is 2. The van der Waals surface area contributed by atoms with Gasteiger partial charge in [-0.1, -0.05) is 29.8 Å². The number of aliphatic hydroxyl groups is 1. The van der Waals surface area contributed by atoms with Gasteiger partial charge in [0.1, 0.15) is 0 Å². The molecule has 0 saturated carbocycles. The van der Waals surface area contributed by atoms with Crippen molar-refractivity contribution < 1.29 is 9.90 Å². The Balaban J connectivity index is 2.22. The second-order valence-electron chi connectivity index (χ2n) is 3.65. The van der Waals surface area contributed by atoms with Crippen LogP contribution in [-0.4, -0.2) is 30.8 Å². The summed E-state index contributed by atoms with van der Waals surface area (Å²) in [4.78, 5) is 11.1. The fourth-order valence-electron chi connectivity index (χ4n) is 1.42. The molecule has 0 aliphatic carbocycles. The molecule has 16 heavy (non-hydrogen) atoms. The molecule has 3 N–H and O–H groups in total. The Hall–Kier alpha value is -1.55. The molecule has 0 atom stereocenters. The summed E-state index contributed by atoms with van der Waals surface area (Å²) in [5, 5.41) is 13.8. The van der Waals surface area contributed by atoms with Crippen LogP contribution in [0.2, 0.25) is 0 Å². The van der Waals surface area contributed by atoms with Crippen molar-refractivity contribution in [2.45, 2.75) is 13.3 Å². The van der Waals surface area contributed by atoms with Gasteiger partial charge in [-0.15, -0.1) is 0 Å². The van der Waals surface area contributed by atoms with Crippen molar-refractivity contribution in [2.24, 2.45) is 0 Å². The first-order valence-corrected chi connectivity index (χ1v) is 5.40. The molecule has 0 aliphatic heterocycles. The molecule has 1 aromatic rings. The van der Waals surface area contributed by atoms with Crippen LogP contribution in [0.25, 0.3) is 0 Å². The van der Waals surface area contributed by atoms with Gasteiger partial charge in [0.25, 0.3) is 0 Å². The van der Waals surface area contributed by atoms with Gasteiger partial charge in [0.05, 0.1) is 6.61 Å². The van der Waals surface area contributed by atoms with Gasteiger partial charge in [0.2, 0.25) is 0 Å². The van der Waals surface area contributed by atoms with E-state index in [1.165, 1.54) is 11.1 Å². The third-order valence-electron chi connectivity index (χ3n) is 2.18. The van der Waals surface area contributed by atoms with E-state index in [1.54, 1.807) is 0 Å². The lowest BCUT2D eigenvalue weighted by Gasteiger charge is -2.06. The smallest absolute Gasteiger partial charge is 0.314 e. The summed E-state index contributed by atoms with van der Waals surface area (Å²) in [7, 11) is 0. The number of rotatable bonds is 5. The van der Waals surface area contributed by atoms with Gasteiger partial charge in [-0.25, -0.2) is 4.79 Å². The summed E-state index contributed by atoms with van der Waals surface area (Å²) in [5.74, 6) is 0. The number of carbonyl (C=O) groups excluding carboxylic acids is 1. The number of amides is 2. The van der Waals surface area contributed by atoms with Gasteiger partial charge < -0.3 is 15.7 Å². The number of carbonyl (C=O) groups is 1. The lowest BCUT2D eigenvalue weighted by Crippen LogP contribution is -2.37. The van der Waals surface area contributed by atoms with E-state index in [0.717, 1.165) is 6.42 Å². The van der Waals surface area contributed by atoms with E-state index >= 15 is 0 Å². The summed E-state index contributed by atoms with van der Waals surface area (Å²) in [5.41, 5.74) is 2.43. The van der Waals surface area contributed by atoms with Crippen molar-refractivity contribution in [3.05, 3.63) is 35.4 Å². The van der Waals surface area contributed by atoms with Crippen molar-refractivity contribution in [3.63, 3.8) is 0 Å². The molecule has 2 amide bonds. The first-order valence-electron chi connectivity index (χ1n) is 5.40. The number of aryl methyl sites for hydroxylation is 1. The fraction of sp³-hybridized carbons (Fsp3) is 0.417. The highest BCUT2D eigenvalue weighted by atomic mass is 16.3. The Bertz CT molecular complexity index is 340. The number of urea groups is 1. The number of hydrogen-bond donors (Lipinski definition) is 3. The van der Waals surface area contributed by atoms with Crippen LogP contribution in [0.4, 0.5) is 4.79 Å². The summed E-state index contributed by atoms with van der Waals surface area (Å²) >= 11 is 0. The Kier molecular flexibility index (Phi) is 5.36. The molecule has 4 heteroatoms. The molecule has 0 heterocycles. The van der Waals surface area contributed by atoms with Gasteiger partial charge >= 0.3 is 6.03 Å². The van der Waals surface area contributed by atoms with Crippen molar-refractivity contribution in [3.8, 4) is 0 Å². The van der Waals surface area contributed by atoms with Crippen LogP contribution in [0.5, 0.6) is 0 Å². The van der Waals surface area contributed by atoms with Crippen molar-refractivity contribution >= 4 is 6.03 Å². The minimum atomic E-state index is -0.235. The largest absolute Gasteiger partial charge is 0.395 e. The highest BCUT2D eigenvalue weighted by Crippen LogP contribution is 2.03. The Morgan fingerprint density at radius 3 is 2.75 bits per heavy atom. The SMILES string of the molecule is Cc1cccc(CCNC(=O)NCCO)c1. The maximum Gasteiger partial charge on any atom is 0.314 e. The predicted molar refractivity (Wildman–Crippen MR) is 63.4 cm³/mol. The minimum absolute atomic E-state index is 0.0364. The van der Waals surface area contributed by atoms with E-state index in [2.05, 4.69) is 16.7 Å². The summed E-state index contributed by atoms with van der Waals surface area (Å²) < 4.78 is 0. The lowest BCUT2D eigenvalue weighted by molar-refractivity contribution is 0.234. The standard InChI is InChI=1S/C12H18N2O2/c1-10-3-2-4-11(9-10)5-6-13-12(16)14-7-8-15/h2-4,9,15H,5-8H2,1H3,(H2,13,14,16). The third-order valence-corrected chi connectivity index (χ3v) is 2.18. The molecule has 0 spiro atoms. The zero-order chi connectivity index (χ0) is 11.8. The predicted octanol–water partition coefficient (Wildman–Crippen LogP) is 0.829. The first-order chi connectivity index (χ1) is 7.72. The number of benzene rings is 1. The summed E-state index contributed by atoms with van der Waals surface area (Å²) in [6.45, 7) is 2.90. The van der Waals surface area contributed by atoms with Crippen LogP contribution in [0, 0.1) is 6.92 Å². The van der Waals surface area contributed by atoms with Gasteiger partial charge in [-0.05, 0) is 18.9 Å². The van der Waals surface area contributed by atoms with Crippen molar-refractivity contribution in [1.82, 2.24) is 10.6 Å². The second kappa shape index (κ2) is 6.85. The van der Waals surface area contributed by atoms with E-state index in [1.807, 2.05) is 25.1 Å². The molecule has 0 fully saturated rings. The van der Waals surface area contributed by atoms with Gasteiger partial charge in [0.15, 0.2) is 0 Å².